The maximum absolute atomic E-state index is 12.1. The molecule has 0 aromatic carbocycles. The number of amides is 1. The highest BCUT2D eigenvalue weighted by molar-refractivity contribution is 7.88. The smallest absolute Gasteiger partial charge is 0.224 e. The molecular formula is C12H25N3O3S. The molecule has 1 atom stereocenters. The number of carbonyl (C=O) groups is 1. The first-order valence-electron chi connectivity index (χ1n) is 6.89. The van der Waals surface area contributed by atoms with Crippen LogP contribution in [-0.2, 0) is 14.8 Å². The topological polar surface area (TPSA) is 78.5 Å². The van der Waals surface area contributed by atoms with Crippen molar-refractivity contribution in [2.75, 3.05) is 32.4 Å². The van der Waals surface area contributed by atoms with Crippen LogP contribution in [0, 0.1) is 0 Å². The summed E-state index contributed by atoms with van der Waals surface area (Å²) in [5, 5.41) is 3.13. The molecule has 7 heteroatoms. The number of hydrogen-bond donors (Lipinski definition) is 2. The fourth-order valence-electron chi connectivity index (χ4n) is 2.30. The molecule has 2 N–H and O–H groups in total. The van der Waals surface area contributed by atoms with E-state index in [0.29, 0.717) is 19.5 Å². The minimum Gasteiger partial charge on any atom is -0.338 e. The number of carbonyl (C=O) groups excluding carboxylic acids is 1. The largest absolute Gasteiger partial charge is 0.338 e. The van der Waals surface area contributed by atoms with Crippen molar-refractivity contribution < 1.29 is 13.2 Å². The number of sulfonamides is 1. The van der Waals surface area contributed by atoms with Crippen LogP contribution in [0.4, 0.5) is 0 Å². The van der Waals surface area contributed by atoms with Crippen LogP contribution in [0.1, 0.15) is 32.6 Å². The Bertz CT molecular complexity index is 384. The van der Waals surface area contributed by atoms with Gasteiger partial charge in [-0.05, 0) is 25.8 Å². The SMILES string of the molecule is CCNCCC(=O)N1CCCCC1CNS(C)(=O)=O. The predicted octanol–water partition coefficient (Wildman–Crippen LogP) is -0.0837. The molecule has 0 aliphatic carbocycles. The molecule has 1 aliphatic heterocycles. The summed E-state index contributed by atoms with van der Waals surface area (Å²) in [6.45, 7) is 4.60. The average Bonchev–Trinajstić information content (AvgIpc) is 2.36. The van der Waals surface area contributed by atoms with E-state index in [1.165, 1.54) is 0 Å². The molecule has 0 radical (unpaired) electrons. The lowest BCUT2D eigenvalue weighted by Gasteiger charge is -2.36. The lowest BCUT2D eigenvalue weighted by atomic mass is 10.0. The lowest BCUT2D eigenvalue weighted by molar-refractivity contribution is -0.134. The predicted molar refractivity (Wildman–Crippen MR) is 75.4 cm³/mol. The van der Waals surface area contributed by atoms with E-state index in [9.17, 15) is 13.2 Å². The molecule has 0 saturated carbocycles. The summed E-state index contributed by atoms with van der Waals surface area (Å²) in [7, 11) is -3.19. The molecule has 1 heterocycles. The normalized spacial score (nSPS) is 20.5. The second-order valence-corrected chi connectivity index (χ2v) is 6.79. The Labute approximate surface area is 116 Å². The van der Waals surface area contributed by atoms with E-state index < -0.39 is 10.0 Å². The first-order chi connectivity index (χ1) is 8.94. The zero-order valence-electron chi connectivity index (χ0n) is 11.8. The fraction of sp³-hybridized carbons (Fsp3) is 0.917. The monoisotopic (exact) mass is 291 g/mol. The van der Waals surface area contributed by atoms with Crippen molar-refractivity contribution in [3.63, 3.8) is 0 Å². The summed E-state index contributed by atoms with van der Waals surface area (Å²) in [5.41, 5.74) is 0. The molecule has 19 heavy (non-hydrogen) atoms. The highest BCUT2D eigenvalue weighted by Gasteiger charge is 2.26. The van der Waals surface area contributed by atoms with E-state index in [-0.39, 0.29) is 11.9 Å². The van der Waals surface area contributed by atoms with Crippen LogP contribution in [0.3, 0.4) is 0 Å². The van der Waals surface area contributed by atoms with Gasteiger partial charge >= 0.3 is 0 Å². The Balaban J connectivity index is 2.49. The zero-order chi connectivity index (χ0) is 14.3. The van der Waals surface area contributed by atoms with Gasteiger partial charge < -0.3 is 10.2 Å². The molecular weight excluding hydrogens is 266 g/mol. The van der Waals surface area contributed by atoms with Gasteiger partial charge in [0.2, 0.25) is 15.9 Å². The third-order valence-corrected chi connectivity index (χ3v) is 3.99. The Morgan fingerprint density at radius 2 is 2.11 bits per heavy atom. The van der Waals surface area contributed by atoms with E-state index in [2.05, 4.69) is 10.0 Å². The number of hydrogen-bond acceptors (Lipinski definition) is 4. The van der Waals surface area contributed by atoms with Crippen LogP contribution in [0.2, 0.25) is 0 Å². The third-order valence-electron chi connectivity index (χ3n) is 3.29. The standard InChI is InChI=1S/C12H25N3O3S/c1-3-13-8-7-12(16)15-9-5-4-6-11(15)10-14-19(2,17)18/h11,13-14H,3-10H2,1-2H3. The molecule has 1 fully saturated rings. The molecule has 1 unspecified atom stereocenters. The first kappa shape index (κ1) is 16.4. The fourth-order valence-corrected chi connectivity index (χ4v) is 2.80. The van der Waals surface area contributed by atoms with Gasteiger partial charge in [-0.2, -0.15) is 0 Å². The maximum Gasteiger partial charge on any atom is 0.224 e. The molecule has 0 aromatic heterocycles. The average molecular weight is 291 g/mol. The highest BCUT2D eigenvalue weighted by atomic mass is 32.2. The highest BCUT2D eigenvalue weighted by Crippen LogP contribution is 2.17. The van der Waals surface area contributed by atoms with E-state index in [0.717, 1.165) is 38.6 Å². The molecule has 0 spiro atoms. The van der Waals surface area contributed by atoms with Crippen molar-refractivity contribution >= 4 is 15.9 Å². The Hall–Kier alpha value is -0.660. The minimum atomic E-state index is -3.19. The van der Waals surface area contributed by atoms with Crippen LogP contribution in [0.5, 0.6) is 0 Å². The molecule has 1 saturated heterocycles. The van der Waals surface area contributed by atoms with Crippen molar-refractivity contribution in [3.05, 3.63) is 0 Å². The zero-order valence-corrected chi connectivity index (χ0v) is 12.6. The van der Waals surface area contributed by atoms with Gasteiger partial charge in [0, 0.05) is 32.1 Å². The summed E-state index contributed by atoms with van der Waals surface area (Å²) >= 11 is 0. The van der Waals surface area contributed by atoms with Crippen LogP contribution in [0.25, 0.3) is 0 Å². The van der Waals surface area contributed by atoms with E-state index in [1.54, 1.807) is 0 Å². The first-order valence-corrected chi connectivity index (χ1v) is 8.78. The van der Waals surface area contributed by atoms with Gasteiger partial charge in [-0.1, -0.05) is 6.92 Å². The van der Waals surface area contributed by atoms with Gasteiger partial charge in [-0.15, -0.1) is 0 Å². The van der Waals surface area contributed by atoms with Crippen molar-refractivity contribution in [2.45, 2.75) is 38.6 Å². The summed E-state index contributed by atoms with van der Waals surface area (Å²) in [4.78, 5) is 13.9. The lowest BCUT2D eigenvalue weighted by Crippen LogP contribution is -2.49. The molecule has 0 aromatic rings. The third kappa shape index (κ3) is 6.35. The van der Waals surface area contributed by atoms with Gasteiger partial charge in [0.05, 0.1) is 6.26 Å². The molecule has 6 nitrogen and oxygen atoms in total. The van der Waals surface area contributed by atoms with Gasteiger partial charge in [0.1, 0.15) is 0 Å². The second kappa shape index (κ2) is 7.81. The van der Waals surface area contributed by atoms with Gasteiger partial charge in [-0.3, -0.25) is 4.79 Å². The van der Waals surface area contributed by atoms with Crippen LogP contribution < -0.4 is 10.0 Å². The minimum absolute atomic E-state index is 0.00222. The van der Waals surface area contributed by atoms with Gasteiger partial charge in [0.15, 0.2) is 0 Å². The van der Waals surface area contributed by atoms with Gasteiger partial charge in [-0.25, -0.2) is 13.1 Å². The number of likely N-dealkylation sites (tertiary alicyclic amines) is 1. The van der Waals surface area contributed by atoms with E-state index >= 15 is 0 Å². The number of piperidine rings is 1. The van der Waals surface area contributed by atoms with Crippen LogP contribution in [0.15, 0.2) is 0 Å². The van der Waals surface area contributed by atoms with E-state index in [4.69, 9.17) is 0 Å². The molecule has 112 valence electrons. The summed E-state index contributed by atoms with van der Waals surface area (Å²) < 4.78 is 24.8. The van der Waals surface area contributed by atoms with Crippen molar-refractivity contribution in [1.29, 1.82) is 0 Å². The quantitative estimate of drug-likeness (QED) is 0.643. The number of nitrogens with one attached hydrogen (secondary N) is 2. The summed E-state index contributed by atoms with van der Waals surface area (Å²) in [6.07, 6.45) is 4.54. The van der Waals surface area contributed by atoms with Crippen molar-refractivity contribution in [1.82, 2.24) is 14.9 Å². The Morgan fingerprint density at radius 1 is 1.37 bits per heavy atom. The molecule has 1 aliphatic rings. The van der Waals surface area contributed by atoms with Crippen molar-refractivity contribution in [2.24, 2.45) is 0 Å². The number of rotatable bonds is 7. The van der Waals surface area contributed by atoms with Crippen LogP contribution >= 0.6 is 0 Å². The Kier molecular flexibility index (Phi) is 6.74. The maximum atomic E-state index is 12.1. The number of nitrogens with zero attached hydrogens (tertiary/aromatic N) is 1. The van der Waals surface area contributed by atoms with E-state index in [1.807, 2.05) is 11.8 Å². The molecule has 1 rings (SSSR count). The summed E-state index contributed by atoms with van der Waals surface area (Å²) in [6, 6.07) is -0.00222. The molecule has 0 bridgehead atoms. The van der Waals surface area contributed by atoms with Crippen molar-refractivity contribution in [3.8, 4) is 0 Å². The molecule has 1 amide bonds. The van der Waals surface area contributed by atoms with Gasteiger partial charge in [0.25, 0.3) is 0 Å². The second-order valence-electron chi connectivity index (χ2n) is 4.96. The van der Waals surface area contributed by atoms with Crippen LogP contribution in [-0.4, -0.2) is 57.7 Å². The summed E-state index contributed by atoms with van der Waals surface area (Å²) in [5.74, 6) is 0.112. The Morgan fingerprint density at radius 3 is 2.74 bits per heavy atom.